The van der Waals surface area contributed by atoms with Gasteiger partial charge in [-0.25, -0.2) is 13.1 Å². The summed E-state index contributed by atoms with van der Waals surface area (Å²) in [6.07, 6.45) is -0.375. The molecule has 1 aromatic rings. The van der Waals surface area contributed by atoms with Crippen LogP contribution >= 0.6 is 0 Å². The zero-order valence-corrected chi connectivity index (χ0v) is 13.1. The molecule has 1 atom stereocenters. The Labute approximate surface area is 124 Å². The van der Waals surface area contributed by atoms with E-state index in [0.29, 0.717) is 11.3 Å². The molecule has 1 aromatic carbocycles. The minimum atomic E-state index is -3.69. The molecule has 0 radical (unpaired) electrons. The zero-order chi connectivity index (χ0) is 15.9. The number of methoxy groups -OCH3 is 3. The van der Waals surface area contributed by atoms with Gasteiger partial charge >= 0.3 is 0 Å². The minimum Gasteiger partial charge on any atom is -0.496 e. The molecule has 1 rings (SSSR count). The molecule has 8 heteroatoms. The van der Waals surface area contributed by atoms with Gasteiger partial charge in [-0.05, 0) is 18.2 Å². The highest BCUT2D eigenvalue weighted by Crippen LogP contribution is 2.22. The van der Waals surface area contributed by atoms with Crippen molar-refractivity contribution in [2.45, 2.75) is 17.6 Å². The number of ether oxygens (including phenoxy) is 3. The lowest BCUT2D eigenvalue weighted by atomic mass is 10.2. The van der Waals surface area contributed by atoms with E-state index in [1.165, 1.54) is 39.5 Å². The lowest BCUT2D eigenvalue weighted by Gasteiger charge is -2.16. The van der Waals surface area contributed by atoms with Gasteiger partial charge in [0.05, 0.1) is 31.3 Å². The molecular weight excluding hydrogens is 298 g/mol. The topological polar surface area (TPSA) is 94.1 Å². The second-order valence-corrected chi connectivity index (χ2v) is 6.06. The molecule has 0 spiro atoms. The summed E-state index contributed by atoms with van der Waals surface area (Å²) in [5, 5.41) is 9.23. The summed E-state index contributed by atoms with van der Waals surface area (Å²) in [5.41, 5.74) is 0.403. The summed E-state index contributed by atoms with van der Waals surface area (Å²) >= 11 is 0. The van der Waals surface area contributed by atoms with Gasteiger partial charge in [-0.15, -0.1) is 0 Å². The van der Waals surface area contributed by atoms with Crippen molar-refractivity contribution in [1.29, 1.82) is 0 Å². The molecule has 120 valence electrons. The summed E-state index contributed by atoms with van der Waals surface area (Å²) in [4.78, 5) is 0.0552. The van der Waals surface area contributed by atoms with Crippen molar-refractivity contribution in [3.63, 3.8) is 0 Å². The predicted octanol–water partition coefficient (Wildman–Crippen LogP) is 0.127. The molecule has 0 aliphatic carbocycles. The number of nitrogens with one attached hydrogen (secondary N) is 1. The number of aliphatic hydroxyl groups is 1. The fourth-order valence-corrected chi connectivity index (χ4v) is 2.84. The highest BCUT2D eigenvalue weighted by atomic mass is 32.2. The Hall–Kier alpha value is -1.19. The number of rotatable bonds is 9. The van der Waals surface area contributed by atoms with Crippen LogP contribution in [0, 0.1) is 0 Å². The Morgan fingerprint density at radius 2 is 2.00 bits per heavy atom. The van der Waals surface area contributed by atoms with E-state index in [1.54, 1.807) is 0 Å². The molecule has 21 heavy (non-hydrogen) atoms. The van der Waals surface area contributed by atoms with Crippen molar-refractivity contribution >= 4 is 10.0 Å². The van der Waals surface area contributed by atoms with E-state index in [-0.39, 0.29) is 30.8 Å². The SMILES string of the molecule is COCC(CNS(=O)(=O)c1ccc(OC)c(CO)c1)OC. The Morgan fingerprint density at radius 3 is 2.52 bits per heavy atom. The van der Waals surface area contributed by atoms with Crippen LogP contribution < -0.4 is 9.46 Å². The minimum absolute atomic E-state index is 0.0552. The summed E-state index contributed by atoms with van der Waals surface area (Å²) in [5.74, 6) is 0.436. The van der Waals surface area contributed by atoms with Crippen LogP contribution in [0.15, 0.2) is 23.1 Å². The molecule has 0 heterocycles. The average Bonchev–Trinajstić information content (AvgIpc) is 2.50. The van der Waals surface area contributed by atoms with Gasteiger partial charge in [-0.1, -0.05) is 0 Å². The van der Waals surface area contributed by atoms with Crippen LogP contribution in [0.4, 0.5) is 0 Å². The molecule has 0 aromatic heterocycles. The molecule has 0 aliphatic heterocycles. The fourth-order valence-electron chi connectivity index (χ4n) is 1.73. The van der Waals surface area contributed by atoms with Gasteiger partial charge in [-0.2, -0.15) is 0 Å². The van der Waals surface area contributed by atoms with E-state index in [1.807, 2.05) is 0 Å². The van der Waals surface area contributed by atoms with Crippen molar-refractivity contribution in [2.75, 3.05) is 34.5 Å². The van der Waals surface area contributed by atoms with Gasteiger partial charge in [0.1, 0.15) is 5.75 Å². The number of sulfonamides is 1. The fraction of sp³-hybridized carbons (Fsp3) is 0.538. The van der Waals surface area contributed by atoms with Crippen molar-refractivity contribution in [2.24, 2.45) is 0 Å². The van der Waals surface area contributed by atoms with Crippen LogP contribution in [0.5, 0.6) is 5.75 Å². The zero-order valence-electron chi connectivity index (χ0n) is 12.3. The van der Waals surface area contributed by atoms with Crippen molar-refractivity contribution in [3.8, 4) is 5.75 Å². The first-order valence-electron chi connectivity index (χ1n) is 6.27. The largest absolute Gasteiger partial charge is 0.496 e. The summed E-state index contributed by atoms with van der Waals surface area (Å²) < 4.78 is 41.9. The number of aliphatic hydroxyl groups excluding tert-OH is 1. The monoisotopic (exact) mass is 319 g/mol. The smallest absolute Gasteiger partial charge is 0.240 e. The van der Waals surface area contributed by atoms with Crippen LogP contribution in [0.1, 0.15) is 5.56 Å². The Morgan fingerprint density at radius 1 is 1.29 bits per heavy atom. The van der Waals surface area contributed by atoms with Crippen molar-refractivity contribution in [1.82, 2.24) is 4.72 Å². The molecule has 0 bridgehead atoms. The predicted molar refractivity (Wildman–Crippen MR) is 76.8 cm³/mol. The lowest BCUT2D eigenvalue weighted by molar-refractivity contribution is 0.0320. The van der Waals surface area contributed by atoms with Crippen LogP contribution in [0.3, 0.4) is 0 Å². The van der Waals surface area contributed by atoms with E-state index < -0.39 is 10.0 Å². The van der Waals surface area contributed by atoms with Crippen molar-refractivity contribution in [3.05, 3.63) is 23.8 Å². The molecule has 2 N–H and O–H groups in total. The standard InChI is InChI=1S/C13H21NO6S/c1-18-9-11(19-2)7-14-21(16,17)12-4-5-13(20-3)10(6-12)8-15/h4-6,11,14-15H,7-9H2,1-3H3. The van der Waals surface area contributed by atoms with Crippen LogP contribution in [-0.4, -0.2) is 54.1 Å². The maximum absolute atomic E-state index is 12.2. The Balaban J connectivity index is 2.87. The first-order chi connectivity index (χ1) is 9.98. The van der Waals surface area contributed by atoms with E-state index >= 15 is 0 Å². The van der Waals surface area contributed by atoms with E-state index in [0.717, 1.165) is 0 Å². The third-order valence-corrected chi connectivity index (χ3v) is 4.34. The third-order valence-electron chi connectivity index (χ3n) is 2.92. The lowest BCUT2D eigenvalue weighted by Crippen LogP contribution is -2.35. The quantitative estimate of drug-likeness (QED) is 0.672. The molecule has 0 fully saturated rings. The molecule has 0 aliphatic rings. The van der Waals surface area contributed by atoms with Gasteiger partial charge in [0, 0.05) is 26.3 Å². The highest BCUT2D eigenvalue weighted by molar-refractivity contribution is 7.89. The molecule has 7 nitrogen and oxygen atoms in total. The van der Waals surface area contributed by atoms with Gasteiger partial charge in [0.25, 0.3) is 0 Å². The van der Waals surface area contributed by atoms with Crippen molar-refractivity contribution < 1.29 is 27.7 Å². The normalized spacial score (nSPS) is 13.1. The molecular formula is C13H21NO6S. The summed E-state index contributed by atoms with van der Waals surface area (Å²) in [6, 6.07) is 4.29. The van der Waals surface area contributed by atoms with Gasteiger partial charge in [0.2, 0.25) is 10.0 Å². The van der Waals surface area contributed by atoms with E-state index in [2.05, 4.69) is 4.72 Å². The second-order valence-electron chi connectivity index (χ2n) is 4.30. The van der Waals surface area contributed by atoms with Crippen LogP contribution in [-0.2, 0) is 26.1 Å². The molecule has 0 saturated carbocycles. The van der Waals surface area contributed by atoms with Crippen LogP contribution in [0.2, 0.25) is 0 Å². The van der Waals surface area contributed by atoms with Gasteiger partial charge in [-0.3, -0.25) is 0 Å². The molecule has 0 saturated heterocycles. The van der Waals surface area contributed by atoms with Gasteiger partial charge in [0.15, 0.2) is 0 Å². The van der Waals surface area contributed by atoms with Gasteiger partial charge < -0.3 is 19.3 Å². The average molecular weight is 319 g/mol. The third kappa shape index (κ3) is 4.94. The highest BCUT2D eigenvalue weighted by Gasteiger charge is 2.18. The Bertz CT molecular complexity index is 546. The maximum atomic E-state index is 12.2. The summed E-state index contributed by atoms with van der Waals surface area (Å²) in [7, 11) is 0.752. The number of hydrogen-bond acceptors (Lipinski definition) is 6. The van der Waals surface area contributed by atoms with E-state index in [4.69, 9.17) is 14.2 Å². The Kier molecular flexibility index (Phi) is 7.06. The molecule has 0 amide bonds. The second kappa shape index (κ2) is 8.30. The summed E-state index contributed by atoms with van der Waals surface area (Å²) in [6.45, 7) is 0.0631. The number of benzene rings is 1. The maximum Gasteiger partial charge on any atom is 0.240 e. The molecule has 1 unspecified atom stereocenters. The first-order valence-corrected chi connectivity index (χ1v) is 7.76. The number of hydrogen-bond donors (Lipinski definition) is 2. The van der Waals surface area contributed by atoms with Crippen LogP contribution in [0.25, 0.3) is 0 Å². The first kappa shape index (κ1) is 17.9. The van der Waals surface area contributed by atoms with E-state index in [9.17, 15) is 13.5 Å².